The van der Waals surface area contributed by atoms with Gasteiger partial charge in [-0.05, 0) is 101 Å². The fourth-order valence-electron chi connectivity index (χ4n) is 9.26. The minimum Gasteiger partial charge on any atom is -0.456 e. The number of rotatable bonds is 11. The summed E-state index contributed by atoms with van der Waals surface area (Å²) in [4.78, 5) is 15.9. The van der Waals surface area contributed by atoms with E-state index in [1.165, 1.54) is 11.1 Å². The molecule has 6 heteroatoms. The number of aliphatic imine (C=N–C) groups is 3. The summed E-state index contributed by atoms with van der Waals surface area (Å²) < 4.78 is 13.0. The van der Waals surface area contributed by atoms with Gasteiger partial charge in [-0.15, -0.1) is 0 Å². The van der Waals surface area contributed by atoms with Crippen molar-refractivity contribution in [1.82, 2.24) is 5.32 Å². The zero-order valence-corrected chi connectivity index (χ0v) is 36.3. The van der Waals surface area contributed by atoms with Gasteiger partial charge in [0.15, 0.2) is 6.17 Å². The molecule has 0 amide bonds. The smallest absolute Gasteiger partial charge is 0.170 e. The SMILES string of the molecule is C=C(CC(C)C(N=C(C)c1ccc2oc3ccc(-c4ccc5oc6cccc(C7N=C(c8ccccc8)NC(c8ccccc8)=N7)c6c5c4)cc3c2c1)c1ccccc1)c1ccccc1. The Labute approximate surface area is 378 Å². The van der Waals surface area contributed by atoms with Crippen LogP contribution in [0.5, 0.6) is 0 Å². The van der Waals surface area contributed by atoms with E-state index in [2.05, 4.69) is 165 Å². The van der Waals surface area contributed by atoms with Crippen molar-refractivity contribution in [3.8, 4) is 11.1 Å². The van der Waals surface area contributed by atoms with Gasteiger partial charge in [0.2, 0.25) is 0 Å². The minimum atomic E-state index is -0.496. The van der Waals surface area contributed by atoms with Crippen LogP contribution >= 0.6 is 0 Å². The van der Waals surface area contributed by atoms with Gasteiger partial charge < -0.3 is 14.2 Å². The van der Waals surface area contributed by atoms with E-state index in [1.54, 1.807) is 0 Å². The molecule has 2 aromatic heterocycles. The standard InChI is InChI=1S/C59H46N4O2/c1-37(40-17-8-4-9-18-40)33-38(2)56(41-19-10-5-11-20-41)60-39(3)44-27-30-51-48(34-44)49-35-45(28-31-52(49)64-51)46-29-32-53-50(36-46)55-47(25-16-26-54(55)65-53)59-62-57(42-21-12-6-13-22-42)61-58(63-59)43-23-14-7-15-24-43/h4-32,34-36,38,56,59H,1,33H2,2-3H3,(H,61,62,63). The Hall–Kier alpha value is -8.09. The Morgan fingerprint density at radius 2 is 1.09 bits per heavy atom. The second-order valence-corrected chi connectivity index (χ2v) is 17.0. The monoisotopic (exact) mass is 842 g/mol. The second kappa shape index (κ2) is 16.9. The van der Waals surface area contributed by atoms with Crippen molar-refractivity contribution in [3.05, 3.63) is 234 Å². The summed E-state index contributed by atoms with van der Waals surface area (Å²) in [5.74, 6) is 1.77. The third kappa shape index (κ3) is 7.74. The first-order valence-corrected chi connectivity index (χ1v) is 22.2. The van der Waals surface area contributed by atoms with E-state index < -0.39 is 6.17 Å². The molecule has 2 atom stereocenters. The van der Waals surface area contributed by atoms with Crippen LogP contribution in [0.2, 0.25) is 0 Å². The van der Waals surface area contributed by atoms with Crippen LogP contribution in [0.4, 0.5) is 0 Å². The lowest BCUT2D eigenvalue weighted by molar-refractivity contribution is 0.484. The zero-order valence-electron chi connectivity index (χ0n) is 36.3. The highest BCUT2D eigenvalue weighted by Gasteiger charge is 2.25. The summed E-state index contributed by atoms with van der Waals surface area (Å²) in [6.07, 6.45) is 0.338. The van der Waals surface area contributed by atoms with Gasteiger partial charge >= 0.3 is 0 Å². The highest BCUT2D eigenvalue weighted by atomic mass is 16.3. The van der Waals surface area contributed by atoms with E-state index in [0.29, 0.717) is 0 Å². The first-order valence-electron chi connectivity index (χ1n) is 22.2. The molecule has 0 spiro atoms. The quantitative estimate of drug-likeness (QED) is 0.132. The van der Waals surface area contributed by atoms with Crippen LogP contribution in [0.25, 0.3) is 60.6 Å². The number of furan rings is 2. The predicted octanol–water partition coefficient (Wildman–Crippen LogP) is 14.9. The third-order valence-electron chi connectivity index (χ3n) is 12.6. The average molecular weight is 843 g/mol. The van der Waals surface area contributed by atoms with E-state index in [0.717, 1.165) is 107 Å². The Kier molecular flexibility index (Phi) is 10.3. The molecule has 0 fully saturated rings. The summed E-state index contributed by atoms with van der Waals surface area (Å²) in [7, 11) is 0. The van der Waals surface area contributed by atoms with Crippen molar-refractivity contribution in [1.29, 1.82) is 0 Å². The van der Waals surface area contributed by atoms with Gasteiger partial charge in [0, 0.05) is 43.9 Å². The molecule has 1 N–H and O–H groups in total. The van der Waals surface area contributed by atoms with Gasteiger partial charge in [-0.1, -0.05) is 159 Å². The summed E-state index contributed by atoms with van der Waals surface area (Å²) in [5, 5.41) is 7.65. The third-order valence-corrected chi connectivity index (χ3v) is 12.6. The van der Waals surface area contributed by atoms with Gasteiger partial charge in [-0.25, -0.2) is 9.98 Å². The maximum atomic E-state index is 6.51. The van der Waals surface area contributed by atoms with E-state index in [9.17, 15) is 0 Å². The fourth-order valence-corrected chi connectivity index (χ4v) is 9.26. The highest BCUT2D eigenvalue weighted by molar-refractivity contribution is 6.16. The molecule has 2 unspecified atom stereocenters. The molecule has 314 valence electrons. The number of allylic oxidation sites excluding steroid dienone is 1. The number of hydrogen-bond donors (Lipinski definition) is 1. The van der Waals surface area contributed by atoms with Gasteiger partial charge in [0.05, 0.1) is 6.04 Å². The maximum Gasteiger partial charge on any atom is 0.170 e. The number of fused-ring (bicyclic) bond motifs is 6. The van der Waals surface area contributed by atoms with Crippen LogP contribution < -0.4 is 5.32 Å². The summed E-state index contributed by atoms with van der Waals surface area (Å²) in [6, 6.07) is 67.0. The maximum absolute atomic E-state index is 6.51. The molecule has 0 radical (unpaired) electrons. The summed E-state index contributed by atoms with van der Waals surface area (Å²) >= 11 is 0. The van der Waals surface area contributed by atoms with E-state index >= 15 is 0 Å². The molecule has 11 rings (SSSR count). The highest BCUT2D eigenvalue weighted by Crippen LogP contribution is 2.40. The molecule has 8 aromatic carbocycles. The number of nitrogens with one attached hydrogen (secondary N) is 1. The lowest BCUT2D eigenvalue weighted by Gasteiger charge is -2.23. The van der Waals surface area contributed by atoms with E-state index in [-0.39, 0.29) is 12.0 Å². The Balaban J connectivity index is 0.959. The van der Waals surface area contributed by atoms with E-state index in [1.807, 2.05) is 54.6 Å². The molecule has 0 saturated carbocycles. The second-order valence-electron chi connectivity index (χ2n) is 17.0. The molecule has 10 aromatic rings. The lowest BCUT2D eigenvalue weighted by Crippen LogP contribution is -2.36. The normalized spacial score (nSPS) is 14.3. The van der Waals surface area contributed by atoms with Crippen molar-refractivity contribution in [2.75, 3.05) is 0 Å². The largest absolute Gasteiger partial charge is 0.456 e. The first-order chi connectivity index (χ1) is 31.9. The fraction of sp³-hybridized carbons (Fsp3) is 0.102. The Morgan fingerprint density at radius 3 is 1.74 bits per heavy atom. The van der Waals surface area contributed by atoms with Crippen LogP contribution in [0.3, 0.4) is 0 Å². The van der Waals surface area contributed by atoms with Crippen molar-refractivity contribution < 1.29 is 8.83 Å². The van der Waals surface area contributed by atoms with Gasteiger partial charge in [-0.2, -0.15) is 0 Å². The Morgan fingerprint density at radius 1 is 0.554 bits per heavy atom. The molecule has 1 aliphatic rings. The lowest BCUT2D eigenvalue weighted by atomic mass is 9.87. The van der Waals surface area contributed by atoms with Crippen molar-refractivity contribution in [2.45, 2.75) is 32.5 Å². The van der Waals surface area contributed by atoms with Crippen molar-refractivity contribution in [3.63, 3.8) is 0 Å². The van der Waals surface area contributed by atoms with Crippen LogP contribution in [-0.2, 0) is 0 Å². The van der Waals surface area contributed by atoms with Gasteiger partial charge in [-0.3, -0.25) is 4.99 Å². The molecular formula is C59H46N4O2. The average Bonchev–Trinajstić information content (AvgIpc) is 3.94. The van der Waals surface area contributed by atoms with Crippen LogP contribution in [0.15, 0.2) is 225 Å². The van der Waals surface area contributed by atoms with Crippen LogP contribution in [0.1, 0.15) is 65.9 Å². The van der Waals surface area contributed by atoms with Crippen molar-refractivity contribution >= 4 is 66.8 Å². The molecule has 3 heterocycles. The number of amidine groups is 2. The molecule has 0 aliphatic carbocycles. The summed E-state index contributed by atoms with van der Waals surface area (Å²) in [6.45, 7) is 8.86. The molecule has 0 saturated heterocycles. The number of hydrogen-bond acceptors (Lipinski definition) is 6. The number of benzene rings is 8. The molecule has 65 heavy (non-hydrogen) atoms. The summed E-state index contributed by atoms with van der Waals surface area (Å²) in [5.41, 5.74) is 13.9. The van der Waals surface area contributed by atoms with Gasteiger partial charge in [0.1, 0.15) is 34.0 Å². The molecule has 6 nitrogen and oxygen atoms in total. The van der Waals surface area contributed by atoms with Crippen LogP contribution in [-0.4, -0.2) is 17.4 Å². The first kappa shape index (κ1) is 39.7. The number of nitrogens with zero attached hydrogens (tertiary/aromatic N) is 3. The molecule has 1 aliphatic heterocycles. The predicted molar refractivity (Wildman–Crippen MR) is 269 cm³/mol. The minimum absolute atomic E-state index is 0.0419. The van der Waals surface area contributed by atoms with Gasteiger partial charge in [0.25, 0.3) is 0 Å². The molecular weight excluding hydrogens is 797 g/mol. The zero-order chi connectivity index (χ0) is 43.9. The van der Waals surface area contributed by atoms with E-state index in [4.69, 9.17) is 23.8 Å². The topological polar surface area (TPSA) is 75.4 Å². The molecule has 0 bridgehead atoms. The Bertz CT molecular complexity index is 3420. The van der Waals surface area contributed by atoms with Crippen molar-refractivity contribution in [2.24, 2.45) is 20.9 Å². The van der Waals surface area contributed by atoms with Crippen LogP contribution in [0, 0.1) is 5.92 Å².